The lowest BCUT2D eigenvalue weighted by Crippen LogP contribution is -2.32. The molecule has 1 amide bonds. The van der Waals surface area contributed by atoms with Crippen LogP contribution in [0.5, 0.6) is 0 Å². The zero-order valence-corrected chi connectivity index (χ0v) is 11.4. The highest BCUT2D eigenvalue weighted by Crippen LogP contribution is 2.18. The van der Waals surface area contributed by atoms with Gasteiger partial charge in [0.1, 0.15) is 5.82 Å². The molecule has 1 unspecified atom stereocenters. The summed E-state index contributed by atoms with van der Waals surface area (Å²) in [4.78, 5) is 13.9. The largest absolute Gasteiger partial charge is 0.314 e. The van der Waals surface area contributed by atoms with Gasteiger partial charge in [0.2, 0.25) is 5.91 Å². The summed E-state index contributed by atoms with van der Waals surface area (Å²) in [6, 6.07) is 6.58. The van der Waals surface area contributed by atoms with Crippen molar-refractivity contribution in [3.8, 4) is 0 Å². The SMILES string of the molecule is CCN(C(=O)CCC1CCCN1)c1ccc(F)cc1. The van der Waals surface area contributed by atoms with E-state index in [0.717, 1.165) is 25.1 Å². The highest BCUT2D eigenvalue weighted by molar-refractivity contribution is 5.93. The van der Waals surface area contributed by atoms with E-state index in [0.29, 0.717) is 19.0 Å². The summed E-state index contributed by atoms with van der Waals surface area (Å²) in [6.07, 6.45) is 3.80. The monoisotopic (exact) mass is 264 g/mol. The summed E-state index contributed by atoms with van der Waals surface area (Å²) in [5.74, 6) is -0.162. The molecule has 1 N–H and O–H groups in total. The van der Waals surface area contributed by atoms with E-state index in [-0.39, 0.29) is 11.7 Å². The van der Waals surface area contributed by atoms with E-state index < -0.39 is 0 Å². The first-order chi connectivity index (χ1) is 9.20. The summed E-state index contributed by atoms with van der Waals surface area (Å²) in [5, 5.41) is 3.40. The number of nitrogens with one attached hydrogen (secondary N) is 1. The Kier molecular flexibility index (Phi) is 4.91. The smallest absolute Gasteiger partial charge is 0.227 e. The number of amides is 1. The van der Waals surface area contributed by atoms with Gasteiger partial charge in [-0.25, -0.2) is 4.39 Å². The Balaban J connectivity index is 1.92. The summed E-state index contributed by atoms with van der Waals surface area (Å²) in [7, 11) is 0. The molecule has 1 aliphatic heterocycles. The number of nitrogens with zero attached hydrogens (tertiary/aromatic N) is 1. The molecule has 3 nitrogen and oxygen atoms in total. The standard InChI is InChI=1S/C15H21FN2O/c1-2-18(14-8-5-12(16)6-9-14)15(19)10-7-13-4-3-11-17-13/h5-6,8-9,13,17H,2-4,7,10-11H2,1H3. The fourth-order valence-electron chi connectivity index (χ4n) is 2.56. The highest BCUT2D eigenvalue weighted by Gasteiger charge is 2.18. The predicted octanol–water partition coefficient (Wildman–Crippen LogP) is 2.71. The molecule has 1 aromatic rings. The zero-order valence-electron chi connectivity index (χ0n) is 11.4. The van der Waals surface area contributed by atoms with Crippen molar-refractivity contribution in [1.82, 2.24) is 5.32 Å². The Morgan fingerprint density at radius 1 is 1.42 bits per heavy atom. The van der Waals surface area contributed by atoms with E-state index in [1.165, 1.54) is 18.6 Å². The molecule has 1 heterocycles. The summed E-state index contributed by atoms with van der Waals surface area (Å²) in [5.41, 5.74) is 0.772. The van der Waals surface area contributed by atoms with Crippen molar-refractivity contribution in [3.63, 3.8) is 0 Å². The second-order valence-corrected chi connectivity index (χ2v) is 4.95. The molecule has 2 rings (SSSR count). The lowest BCUT2D eigenvalue weighted by atomic mass is 10.1. The maximum Gasteiger partial charge on any atom is 0.227 e. The number of hydrogen-bond acceptors (Lipinski definition) is 2. The van der Waals surface area contributed by atoms with Crippen LogP contribution < -0.4 is 10.2 Å². The van der Waals surface area contributed by atoms with E-state index in [9.17, 15) is 9.18 Å². The Hall–Kier alpha value is -1.42. The fraction of sp³-hybridized carbons (Fsp3) is 0.533. The summed E-state index contributed by atoms with van der Waals surface area (Å²) in [6.45, 7) is 3.62. The van der Waals surface area contributed by atoms with Crippen molar-refractivity contribution >= 4 is 11.6 Å². The van der Waals surface area contributed by atoms with Gasteiger partial charge in [-0.2, -0.15) is 0 Å². The van der Waals surface area contributed by atoms with Crippen LogP contribution in [0.2, 0.25) is 0 Å². The minimum absolute atomic E-state index is 0.114. The van der Waals surface area contributed by atoms with E-state index >= 15 is 0 Å². The van der Waals surface area contributed by atoms with Gasteiger partial charge in [0, 0.05) is 24.7 Å². The average molecular weight is 264 g/mol. The van der Waals surface area contributed by atoms with E-state index in [2.05, 4.69) is 5.32 Å². The van der Waals surface area contributed by atoms with Gasteiger partial charge in [0.25, 0.3) is 0 Å². The van der Waals surface area contributed by atoms with Crippen LogP contribution in [0, 0.1) is 5.82 Å². The number of hydrogen-bond donors (Lipinski definition) is 1. The van der Waals surface area contributed by atoms with E-state index in [1.807, 2.05) is 6.92 Å². The molecule has 19 heavy (non-hydrogen) atoms. The number of carbonyl (C=O) groups excluding carboxylic acids is 1. The number of benzene rings is 1. The van der Waals surface area contributed by atoms with Crippen LogP contribution in [-0.4, -0.2) is 25.0 Å². The van der Waals surface area contributed by atoms with E-state index in [1.54, 1.807) is 17.0 Å². The lowest BCUT2D eigenvalue weighted by Gasteiger charge is -2.22. The third-order valence-corrected chi connectivity index (χ3v) is 3.62. The predicted molar refractivity (Wildman–Crippen MR) is 74.7 cm³/mol. The number of carbonyl (C=O) groups is 1. The van der Waals surface area contributed by atoms with Gasteiger partial charge in [-0.15, -0.1) is 0 Å². The summed E-state index contributed by atoms with van der Waals surface area (Å²) < 4.78 is 12.9. The first-order valence-electron chi connectivity index (χ1n) is 7.00. The van der Waals surface area contributed by atoms with Crippen LogP contribution in [0.15, 0.2) is 24.3 Å². The van der Waals surface area contributed by atoms with Crippen molar-refractivity contribution in [1.29, 1.82) is 0 Å². The molecule has 0 aliphatic carbocycles. The Bertz CT molecular complexity index is 413. The molecule has 0 bridgehead atoms. The number of halogens is 1. The number of anilines is 1. The lowest BCUT2D eigenvalue weighted by molar-refractivity contribution is -0.118. The van der Waals surface area contributed by atoms with Gasteiger partial charge < -0.3 is 10.2 Å². The highest BCUT2D eigenvalue weighted by atomic mass is 19.1. The summed E-state index contributed by atoms with van der Waals surface area (Å²) >= 11 is 0. The molecule has 1 fully saturated rings. The molecule has 0 aromatic heterocycles. The maximum absolute atomic E-state index is 12.9. The minimum Gasteiger partial charge on any atom is -0.314 e. The van der Waals surface area contributed by atoms with Crippen LogP contribution in [0.3, 0.4) is 0 Å². The third kappa shape index (κ3) is 3.77. The van der Waals surface area contributed by atoms with Gasteiger partial charge in [0.05, 0.1) is 0 Å². The van der Waals surface area contributed by atoms with Crippen LogP contribution >= 0.6 is 0 Å². The topological polar surface area (TPSA) is 32.3 Å². The first kappa shape index (κ1) is 14.0. The normalized spacial score (nSPS) is 18.5. The molecule has 104 valence electrons. The van der Waals surface area contributed by atoms with Crippen LogP contribution in [-0.2, 0) is 4.79 Å². The van der Waals surface area contributed by atoms with Gasteiger partial charge in [-0.3, -0.25) is 4.79 Å². The second kappa shape index (κ2) is 6.66. The minimum atomic E-state index is -0.276. The molecule has 1 atom stereocenters. The molecule has 0 saturated carbocycles. The van der Waals surface area contributed by atoms with Gasteiger partial charge >= 0.3 is 0 Å². The van der Waals surface area contributed by atoms with Crippen molar-refractivity contribution in [2.45, 2.75) is 38.6 Å². The molecule has 4 heteroatoms. The Labute approximate surface area is 113 Å². The molecule has 1 aromatic carbocycles. The molecular weight excluding hydrogens is 243 g/mol. The molecule has 0 spiro atoms. The van der Waals surface area contributed by atoms with Crippen LogP contribution in [0.25, 0.3) is 0 Å². The average Bonchev–Trinajstić information content (AvgIpc) is 2.92. The van der Waals surface area contributed by atoms with Crippen molar-refractivity contribution in [3.05, 3.63) is 30.1 Å². The van der Waals surface area contributed by atoms with E-state index in [4.69, 9.17) is 0 Å². The quantitative estimate of drug-likeness (QED) is 0.887. The molecular formula is C15H21FN2O. The Morgan fingerprint density at radius 3 is 2.74 bits per heavy atom. The molecule has 1 saturated heterocycles. The number of rotatable bonds is 5. The van der Waals surface area contributed by atoms with Gasteiger partial charge in [-0.1, -0.05) is 0 Å². The zero-order chi connectivity index (χ0) is 13.7. The van der Waals surface area contributed by atoms with Crippen LogP contribution in [0.1, 0.15) is 32.6 Å². The van der Waals surface area contributed by atoms with Crippen molar-refractivity contribution in [2.75, 3.05) is 18.0 Å². The van der Waals surface area contributed by atoms with Crippen molar-refractivity contribution in [2.24, 2.45) is 0 Å². The third-order valence-electron chi connectivity index (χ3n) is 3.62. The maximum atomic E-state index is 12.9. The second-order valence-electron chi connectivity index (χ2n) is 4.95. The van der Waals surface area contributed by atoms with Crippen LogP contribution in [0.4, 0.5) is 10.1 Å². The fourth-order valence-corrected chi connectivity index (χ4v) is 2.56. The van der Waals surface area contributed by atoms with Gasteiger partial charge in [-0.05, 0) is 57.0 Å². The molecule has 1 aliphatic rings. The Morgan fingerprint density at radius 2 is 2.16 bits per heavy atom. The van der Waals surface area contributed by atoms with Gasteiger partial charge in [0.15, 0.2) is 0 Å². The molecule has 0 radical (unpaired) electrons. The first-order valence-corrected chi connectivity index (χ1v) is 7.00. The van der Waals surface area contributed by atoms with Crippen molar-refractivity contribution < 1.29 is 9.18 Å².